The summed E-state index contributed by atoms with van der Waals surface area (Å²) >= 11 is 5.85. The van der Waals surface area contributed by atoms with E-state index in [0.29, 0.717) is 0 Å². The maximum Gasteiger partial charge on any atom is 0.328 e. The Kier molecular flexibility index (Phi) is 5.00. The number of carboxylic acid groups (broad SMARTS) is 1. The Hall–Kier alpha value is -1.32. The van der Waals surface area contributed by atoms with Crippen LogP contribution in [0.5, 0.6) is 0 Å². The molecule has 1 aromatic rings. The molecule has 19 heavy (non-hydrogen) atoms. The molecule has 3 nitrogen and oxygen atoms in total. The first-order chi connectivity index (χ1) is 9.13. The van der Waals surface area contributed by atoms with Crippen molar-refractivity contribution in [2.24, 2.45) is 0 Å². The van der Waals surface area contributed by atoms with Gasteiger partial charge < -0.3 is 10.0 Å². The molecule has 1 aliphatic heterocycles. The van der Waals surface area contributed by atoms with E-state index in [1.54, 1.807) is 0 Å². The molecule has 1 aliphatic rings. The third-order valence-corrected chi connectivity index (χ3v) is 3.71. The van der Waals surface area contributed by atoms with Gasteiger partial charge >= 0.3 is 5.97 Å². The molecule has 1 fully saturated rings. The van der Waals surface area contributed by atoms with Crippen molar-refractivity contribution in [1.82, 2.24) is 4.90 Å². The molecular formula is C15H18ClNO2. The molecule has 102 valence electrons. The SMILES string of the molecule is O=C(O)C=C1CCN(CCc2ccc(Cl)cc2)CC1. The summed E-state index contributed by atoms with van der Waals surface area (Å²) in [5.41, 5.74) is 2.34. The second kappa shape index (κ2) is 6.73. The van der Waals surface area contributed by atoms with Crippen LogP contribution in [0.2, 0.25) is 5.02 Å². The highest BCUT2D eigenvalue weighted by atomic mass is 35.5. The molecule has 0 saturated carbocycles. The highest BCUT2D eigenvalue weighted by Gasteiger charge is 2.14. The third kappa shape index (κ3) is 4.69. The zero-order chi connectivity index (χ0) is 13.7. The number of hydrogen-bond acceptors (Lipinski definition) is 2. The smallest absolute Gasteiger partial charge is 0.328 e. The fourth-order valence-corrected chi connectivity index (χ4v) is 2.45. The van der Waals surface area contributed by atoms with Crippen molar-refractivity contribution in [3.63, 3.8) is 0 Å². The number of nitrogens with zero attached hydrogens (tertiary/aromatic N) is 1. The Morgan fingerprint density at radius 2 is 1.89 bits per heavy atom. The molecular weight excluding hydrogens is 262 g/mol. The lowest BCUT2D eigenvalue weighted by molar-refractivity contribution is -0.131. The van der Waals surface area contributed by atoms with E-state index in [1.807, 2.05) is 12.1 Å². The van der Waals surface area contributed by atoms with Crippen molar-refractivity contribution < 1.29 is 9.90 Å². The van der Waals surface area contributed by atoms with Gasteiger partial charge in [0.15, 0.2) is 0 Å². The minimum atomic E-state index is -0.829. The zero-order valence-electron chi connectivity index (χ0n) is 10.8. The molecule has 1 N–H and O–H groups in total. The lowest BCUT2D eigenvalue weighted by Gasteiger charge is -2.28. The van der Waals surface area contributed by atoms with Crippen LogP contribution in [0.3, 0.4) is 0 Å². The Morgan fingerprint density at radius 1 is 1.26 bits per heavy atom. The molecule has 2 rings (SSSR count). The van der Waals surface area contributed by atoms with Crippen LogP contribution in [-0.2, 0) is 11.2 Å². The molecule has 0 radical (unpaired) electrons. The van der Waals surface area contributed by atoms with Gasteiger partial charge in [0, 0.05) is 30.7 Å². The van der Waals surface area contributed by atoms with Gasteiger partial charge in [-0.15, -0.1) is 0 Å². The van der Waals surface area contributed by atoms with Crippen molar-refractivity contribution >= 4 is 17.6 Å². The first-order valence-electron chi connectivity index (χ1n) is 6.52. The first kappa shape index (κ1) is 14.1. The lowest BCUT2D eigenvalue weighted by Crippen LogP contribution is -2.32. The van der Waals surface area contributed by atoms with Crippen LogP contribution in [-0.4, -0.2) is 35.6 Å². The van der Waals surface area contributed by atoms with Crippen molar-refractivity contribution in [3.05, 3.63) is 46.5 Å². The zero-order valence-corrected chi connectivity index (χ0v) is 11.6. The highest BCUT2D eigenvalue weighted by molar-refractivity contribution is 6.30. The average molecular weight is 280 g/mol. The second-order valence-corrected chi connectivity index (χ2v) is 5.30. The van der Waals surface area contributed by atoms with Gasteiger partial charge in [0.05, 0.1) is 0 Å². The van der Waals surface area contributed by atoms with Crippen LogP contribution in [0.4, 0.5) is 0 Å². The molecule has 0 bridgehead atoms. The molecule has 0 aromatic heterocycles. The van der Waals surface area contributed by atoms with Crippen LogP contribution < -0.4 is 0 Å². The predicted octanol–water partition coefficient (Wildman–Crippen LogP) is 2.99. The van der Waals surface area contributed by atoms with E-state index in [4.69, 9.17) is 16.7 Å². The average Bonchev–Trinajstić information content (AvgIpc) is 2.39. The summed E-state index contributed by atoms with van der Waals surface area (Å²) in [4.78, 5) is 13.0. The summed E-state index contributed by atoms with van der Waals surface area (Å²) in [6, 6.07) is 7.95. The molecule has 1 aromatic carbocycles. The normalized spacial score (nSPS) is 16.4. The molecule has 4 heteroatoms. The molecule has 0 spiro atoms. The summed E-state index contributed by atoms with van der Waals surface area (Å²) in [5, 5.41) is 9.47. The monoisotopic (exact) mass is 279 g/mol. The Bertz CT molecular complexity index is 458. The number of hydrogen-bond donors (Lipinski definition) is 1. The summed E-state index contributed by atoms with van der Waals surface area (Å²) in [5.74, 6) is -0.829. The van der Waals surface area contributed by atoms with Crippen LogP contribution in [0, 0.1) is 0 Å². The minimum absolute atomic E-state index is 0.769. The number of likely N-dealkylation sites (tertiary alicyclic amines) is 1. The van der Waals surface area contributed by atoms with Crippen LogP contribution in [0.25, 0.3) is 0 Å². The Labute approximate surface area is 118 Å². The van der Waals surface area contributed by atoms with Gasteiger partial charge in [0.25, 0.3) is 0 Å². The van der Waals surface area contributed by atoms with Crippen molar-refractivity contribution in [2.75, 3.05) is 19.6 Å². The maximum atomic E-state index is 10.6. The van der Waals surface area contributed by atoms with Crippen molar-refractivity contribution in [2.45, 2.75) is 19.3 Å². The first-order valence-corrected chi connectivity index (χ1v) is 6.90. The molecule has 1 saturated heterocycles. The van der Waals surface area contributed by atoms with Gasteiger partial charge in [-0.2, -0.15) is 0 Å². The summed E-state index contributed by atoms with van der Waals surface area (Å²) < 4.78 is 0. The largest absolute Gasteiger partial charge is 0.478 e. The molecule has 0 aliphatic carbocycles. The van der Waals surface area contributed by atoms with Gasteiger partial charge in [-0.05, 0) is 37.0 Å². The molecule has 0 atom stereocenters. The van der Waals surface area contributed by atoms with Gasteiger partial charge in [0.1, 0.15) is 0 Å². The molecule has 0 unspecified atom stereocenters. The number of carboxylic acids is 1. The van der Waals surface area contributed by atoms with Gasteiger partial charge in [-0.3, -0.25) is 0 Å². The number of rotatable bonds is 4. The van der Waals surface area contributed by atoms with Gasteiger partial charge in [-0.1, -0.05) is 29.3 Å². The van der Waals surface area contributed by atoms with E-state index in [2.05, 4.69) is 17.0 Å². The van der Waals surface area contributed by atoms with Gasteiger partial charge in [-0.25, -0.2) is 4.79 Å². The summed E-state index contributed by atoms with van der Waals surface area (Å²) in [6.45, 7) is 2.92. The van der Waals surface area contributed by atoms with E-state index < -0.39 is 5.97 Å². The topological polar surface area (TPSA) is 40.5 Å². The highest BCUT2D eigenvalue weighted by Crippen LogP contribution is 2.17. The number of piperidine rings is 1. The second-order valence-electron chi connectivity index (χ2n) is 4.86. The number of halogens is 1. The lowest BCUT2D eigenvalue weighted by atomic mass is 10.0. The summed E-state index contributed by atoms with van der Waals surface area (Å²) in [6.07, 6.45) is 4.10. The predicted molar refractivity (Wildman–Crippen MR) is 76.5 cm³/mol. The fourth-order valence-electron chi connectivity index (χ4n) is 2.32. The standard InChI is InChI=1S/C15H18ClNO2/c16-14-3-1-12(2-4-14)5-8-17-9-6-13(7-10-17)11-15(18)19/h1-4,11H,5-10H2,(H,18,19). The minimum Gasteiger partial charge on any atom is -0.478 e. The van der Waals surface area contributed by atoms with E-state index in [9.17, 15) is 4.79 Å². The van der Waals surface area contributed by atoms with E-state index >= 15 is 0 Å². The Morgan fingerprint density at radius 3 is 2.47 bits per heavy atom. The number of carbonyl (C=O) groups is 1. The van der Waals surface area contributed by atoms with Crippen LogP contribution in [0.15, 0.2) is 35.9 Å². The molecule has 1 heterocycles. The number of aliphatic carboxylic acids is 1. The van der Waals surface area contributed by atoms with Crippen LogP contribution >= 0.6 is 11.6 Å². The van der Waals surface area contributed by atoms with E-state index in [0.717, 1.165) is 49.5 Å². The fraction of sp³-hybridized carbons (Fsp3) is 0.400. The van der Waals surface area contributed by atoms with Crippen molar-refractivity contribution in [3.8, 4) is 0 Å². The quantitative estimate of drug-likeness (QED) is 0.862. The maximum absolute atomic E-state index is 10.6. The van der Waals surface area contributed by atoms with Crippen molar-refractivity contribution in [1.29, 1.82) is 0 Å². The van der Waals surface area contributed by atoms with Crippen LogP contribution in [0.1, 0.15) is 18.4 Å². The third-order valence-electron chi connectivity index (χ3n) is 3.46. The molecule has 0 amide bonds. The van der Waals surface area contributed by atoms with E-state index in [-0.39, 0.29) is 0 Å². The Balaban J connectivity index is 1.77. The van der Waals surface area contributed by atoms with E-state index in [1.165, 1.54) is 11.6 Å². The van der Waals surface area contributed by atoms with Gasteiger partial charge in [0.2, 0.25) is 0 Å². The number of benzene rings is 1. The summed E-state index contributed by atoms with van der Waals surface area (Å²) in [7, 11) is 0.